The van der Waals surface area contributed by atoms with Crippen molar-refractivity contribution >= 4 is 52.4 Å². The van der Waals surface area contributed by atoms with Gasteiger partial charge in [0.1, 0.15) is 17.9 Å². The first-order valence-electron chi connectivity index (χ1n) is 12.8. The molecule has 1 unspecified atom stereocenters. The zero-order chi connectivity index (χ0) is 25.9. The van der Waals surface area contributed by atoms with Crippen molar-refractivity contribution in [2.45, 2.75) is 38.6 Å². The lowest BCUT2D eigenvalue weighted by Gasteiger charge is -2.32. The molecule has 37 heavy (non-hydrogen) atoms. The number of piperidine rings is 1. The molecule has 3 heterocycles. The van der Waals surface area contributed by atoms with Gasteiger partial charge in [-0.15, -0.1) is 0 Å². The molecule has 1 aromatic heterocycles. The Morgan fingerprint density at radius 1 is 0.973 bits per heavy atom. The second kappa shape index (κ2) is 11.1. The van der Waals surface area contributed by atoms with Gasteiger partial charge in [0.2, 0.25) is 0 Å². The van der Waals surface area contributed by atoms with Gasteiger partial charge < -0.3 is 20.3 Å². The van der Waals surface area contributed by atoms with Crippen LogP contribution in [0, 0.1) is 5.92 Å². The Morgan fingerprint density at radius 3 is 2.38 bits per heavy atom. The van der Waals surface area contributed by atoms with Gasteiger partial charge in [-0.05, 0) is 55.4 Å². The summed E-state index contributed by atoms with van der Waals surface area (Å²) in [6, 6.07) is 16.8. The van der Waals surface area contributed by atoms with Crippen LogP contribution in [0.5, 0.6) is 0 Å². The van der Waals surface area contributed by atoms with Crippen LogP contribution in [0.1, 0.15) is 49.6 Å². The van der Waals surface area contributed by atoms with Crippen molar-refractivity contribution in [1.29, 1.82) is 0 Å². The number of halogens is 2. The van der Waals surface area contributed by atoms with E-state index in [4.69, 9.17) is 38.9 Å². The van der Waals surface area contributed by atoms with E-state index in [2.05, 4.69) is 16.7 Å². The molecule has 2 fully saturated rings. The number of aromatic nitrogens is 2. The molecule has 3 aromatic rings. The van der Waals surface area contributed by atoms with Crippen LogP contribution >= 0.6 is 23.2 Å². The first-order chi connectivity index (χ1) is 17.9. The molecular formula is C29H31Cl2N5O. The lowest BCUT2D eigenvalue weighted by atomic mass is 9.98. The Kier molecular flexibility index (Phi) is 7.68. The maximum Gasteiger partial charge on any atom is 0.166 e. The Bertz CT molecular complexity index is 1300. The number of anilines is 2. The Balaban J connectivity index is 1.71. The van der Waals surface area contributed by atoms with Crippen LogP contribution in [0.3, 0.4) is 0 Å². The summed E-state index contributed by atoms with van der Waals surface area (Å²) < 4.78 is 0. The maximum absolute atomic E-state index is 11.9. The van der Waals surface area contributed by atoms with Crippen LogP contribution in [0.25, 0.3) is 11.3 Å². The number of nitrogens with zero attached hydrogens (tertiary/aromatic N) is 4. The van der Waals surface area contributed by atoms with E-state index in [-0.39, 0.29) is 6.04 Å². The minimum atomic E-state index is -0.194. The Labute approximate surface area is 228 Å². The standard InChI is InChI=1S/C29H31Cl2N5O/c1-19-12-15-35(16-13-19)25-17-26(36-14-4-5-22(36)18-37)34-29(33-25)27(20-8-10-21(30)11-9-20)28(32)23-6-2-3-7-24(23)31/h2-3,6-11,17-19,22H,4-5,12-16,32H2,1H3. The summed E-state index contributed by atoms with van der Waals surface area (Å²) in [6.45, 7) is 4.91. The van der Waals surface area contributed by atoms with Crippen molar-refractivity contribution in [2.24, 2.45) is 11.7 Å². The third kappa shape index (κ3) is 5.46. The van der Waals surface area contributed by atoms with E-state index in [1.54, 1.807) is 0 Å². The average molecular weight is 537 g/mol. The molecule has 2 aliphatic rings. The number of hydrogen-bond donors (Lipinski definition) is 1. The third-order valence-electron chi connectivity index (χ3n) is 7.35. The Morgan fingerprint density at radius 2 is 1.68 bits per heavy atom. The molecule has 8 heteroatoms. The van der Waals surface area contributed by atoms with Gasteiger partial charge in [-0.25, -0.2) is 9.97 Å². The second-order valence-corrected chi connectivity index (χ2v) is 10.7. The third-order valence-corrected chi connectivity index (χ3v) is 7.93. The molecule has 0 radical (unpaired) electrons. The molecule has 192 valence electrons. The zero-order valence-electron chi connectivity index (χ0n) is 20.9. The number of carbonyl (C=O) groups is 1. The summed E-state index contributed by atoms with van der Waals surface area (Å²) in [5, 5.41) is 1.18. The highest BCUT2D eigenvalue weighted by Crippen LogP contribution is 2.35. The molecule has 2 aromatic carbocycles. The lowest BCUT2D eigenvalue weighted by Crippen LogP contribution is -2.35. The van der Waals surface area contributed by atoms with Crippen molar-refractivity contribution in [3.05, 3.63) is 81.6 Å². The predicted molar refractivity (Wildman–Crippen MR) is 152 cm³/mol. The summed E-state index contributed by atoms with van der Waals surface area (Å²) >= 11 is 12.8. The van der Waals surface area contributed by atoms with Gasteiger partial charge in [0, 0.05) is 41.3 Å². The first kappa shape index (κ1) is 25.6. The molecule has 2 saturated heterocycles. The van der Waals surface area contributed by atoms with E-state index in [0.717, 1.165) is 68.8 Å². The van der Waals surface area contributed by atoms with Crippen molar-refractivity contribution in [2.75, 3.05) is 29.4 Å². The molecule has 0 bridgehead atoms. The fourth-order valence-corrected chi connectivity index (χ4v) is 5.50. The highest BCUT2D eigenvalue weighted by atomic mass is 35.5. The normalized spacial score (nSPS) is 19.2. The fourth-order valence-electron chi connectivity index (χ4n) is 5.13. The molecule has 1 atom stereocenters. The molecule has 2 N–H and O–H groups in total. The summed E-state index contributed by atoms with van der Waals surface area (Å²) in [6.07, 6.45) is 5.00. The van der Waals surface area contributed by atoms with Gasteiger partial charge >= 0.3 is 0 Å². The van der Waals surface area contributed by atoms with E-state index in [1.807, 2.05) is 54.6 Å². The Hall–Kier alpha value is -3.09. The molecule has 2 aliphatic heterocycles. The number of benzene rings is 2. The highest BCUT2D eigenvalue weighted by molar-refractivity contribution is 6.32. The average Bonchev–Trinajstić information content (AvgIpc) is 3.40. The van der Waals surface area contributed by atoms with Crippen molar-refractivity contribution in [3.63, 3.8) is 0 Å². The van der Waals surface area contributed by atoms with Crippen molar-refractivity contribution in [1.82, 2.24) is 9.97 Å². The topological polar surface area (TPSA) is 75.3 Å². The zero-order valence-corrected chi connectivity index (χ0v) is 22.4. The van der Waals surface area contributed by atoms with Crippen LogP contribution in [-0.2, 0) is 4.79 Å². The summed E-state index contributed by atoms with van der Waals surface area (Å²) in [4.78, 5) is 26.3. The highest BCUT2D eigenvalue weighted by Gasteiger charge is 2.28. The van der Waals surface area contributed by atoms with E-state index < -0.39 is 0 Å². The summed E-state index contributed by atoms with van der Waals surface area (Å²) in [5.41, 5.74) is 9.56. The SMILES string of the molecule is CC1CCN(c2cc(N3CCCC3C=O)nc(C(=C(N)c3ccccc3Cl)c3ccc(Cl)cc3)n2)CC1. The number of nitrogens with two attached hydrogens (primary N) is 1. The molecule has 0 amide bonds. The van der Waals surface area contributed by atoms with Gasteiger partial charge in [-0.1, -0.05) is 60.5 Å². The first-order valence-corrected chi connectivity index (χ1v) is 13.6. The molecule has 5 rings (SSSR count). The van der Waals surface area contributed by atoms with Gasteiger partial charge in [0.05, 0.1) is 17.3 Å². The summed E-state index contributed by atoms with van der Waals surface area (Å²) in [5.74, 6) is 2.78. The lowest BCUT2D eigenvalue weighted by molar-refractivity contribution is -0.108. The second-order valence-electron chi connectivity index (χ2n) is 9.89. The molecule has 0 aliphatic carbocycles. The number of hydrogen-bond acceptors (Lipinski definition) is 6. The van der Waals surface area contributed by atoms with Crippen LogP contribution in [0.2, 0.25) is 10.0 Å². The molecule has 6 nitrogen and oxygen atoms in total. The van der Waals surface area contributed by atoms with Crippen molar-refractivity contribution < 1.29 is 4.79 Å². The smallest absolute Gasteiger partial charge is 0.166 e. The van der Waals surface area contributed by atoms with Gasteiger partial charge in [-0.3, -0.25) is 0 Å². The monoisotopic (exact) mass is 535 g/mol. The van der Waals surface area contributed by atoms with E-state index in [9.17, 15) is 4.79 Å². The minimum absolute atomic E-state index is 0.194. The van der Waals surface area contributed by atoms with Crippen molar-refractivity contribution in [3.8, 4) is 0 Å². The fraction of sp³-hybridized carbons (Fsp3) is 0.345. The number of carbonyl (C=O) groups excluding carboxylic acids is 1. The molecule has 0 saturated carbocycles. The number of aldehydes is 1. The maximum atomic E-state index is 11.9. The van der Waals surface area contributed by atoms with Crippen LogP contribution in [0.4, 0.5) is 11.6 Å². The number of rotatable bonds is 6. The van der Waals surface area contributed by atoms with Crippen LogP contribution in [0.15, 0.2) is 54.6 Å². The largest absolute Gasteiger partial charge is 0.398 e. The molecule has 0 spiro atoms. The van der Waals surface area contributed by atoms with E-state index in [1.165, 1.54) is 0 Å². The van der Waals surface area contributed by atoms with Crippen LogP contribution in [-0.4, -0.2) is 41.9 Å². The van der Waals surface area contributed by atoms with E-state index in [0.29, 0.717) is 38.6 Å². The van der Waals surface area contributed by atoms with E-state index >= 15 is 0 Å². The van der Waals surface area contributed by atoms with Gasteiger partial charge in [0.25, 0.3) is 0 Å². The quantitative estimate of drug-likeness (QED) is 0.305. The van der Waals surface area contributed by atoms with Crippen LogP contribution < -0.4 is 15.5 Å². The van der Waals surface area contributed by atoms with Gasteiger partial charge in [-0.2, -0.15) is 0 Å². The minimum Gasteiger partial charge on any atom is -0.398 e. The molecular weight excluding hydrogens is 505 g/mol. The summed E-state index contributed by atoms with van der Waals surface area (Å²) in [7, 11) is 0. The predicted octanol–water partition coefficient (Wildman–Crippen LogP) is 6.06. The van der Waals surface area contributed by atoms with Gasteiger partial charge in [0.15, 0.2) is 5.82 Å².